The van der Waals surface area contributed by atoms with Gasteiger partial charge in [-0.05, 0) is 61.0 Å². The van der Waals surface area contributed by atoms with Crippen LogP contribution in [0.25, 0.3) is 6.08 Å². The quantitative estimate of drug-likeness (QED) is 0.489. The number of benzene rings is 3. The van der Waals surface area contributed by atoms with Crippen LogP contribution in [0.3, 0.4) is 0 Å². The molecule has 7 nitrogen and oxygen atoms in total. The molecular formula is C27H25NO6. The third-order valence-corrected chi connectivity index (χ3v) is 5.13. The third-order valence-electron chi connectivity index (χ3n) is 5.13. The normalized spacial score (nSPS) is 13.6. The number of Topliss-reactive ketones (excluding diaryl/α,β-unsaturated/α-hetero) is 1. The van der Waals surface area contributed by atoms with E-state index in [4.69, 9.17) is 18.9 Å². The molecule has 0 aromatic heterocycles. The van der Waals surface area contributed by atoms with Crippen molar-refractivity contribution in [2.24, 2.45) is 0 Å². The van der Waals surface area contributed by atoms with Gasteiger partial charge in [-0.25, -0.2) is 0 Å². The van der Waals surface area contributed by atoms with Crippen LogP contribution in [0.5, 0.6) is 23.0 Å². The number of amides is 1. The van der Waals surface area contributed by atoms with Gasteiger partial charge in [0.25, 0.3) is 5.91 Å². The average molecular weight is 459 g/mol. The lowest BCUT2D eigenvalue weighted by atomic mass is 9.98. The molecule has 0 unspecified atom stereocenters. The van der Waals surface area contributed by atoms with Crippen LogP contribution in [-0.2, 0) is 4.79 Å². The molecule has 3 aromatic rings. The largest absolute Gasteiger partial charge is 0.497 e. The van der Waals surface area contributed by atoms with Crippen molar-refractivity contribution in [1.82, 2.24) is 0 Å². The molecule has 7 heteroatoms. The standard InChI is InChI=1S/C27H25NO6/c1-3-32-25-14-18(9-11-24(25)34-17-26(29)28-20-7-5-4-6-8-20)13-19-16-33-23-12-10-21(31-2)15-22(23)27(19)30/h4-15H,3,16-17H2,1-2H3,(H,28,29)/b19-13+. The van der Waals surface area contributed by atoms with Crippen LogP contribution >= 0.6 is 0 Å². The van der Waals surface area contributed by atoms with Gasteiger partial charge in [0.1, 0.15) is 18.1 Å². The molecule has 1 amide bonds. The minimum Gasteiger partial charge on any atom is -0.497 e. The van der Waals surface area contributed by atoms with Crippen molar-refractivity contribution < 1.29 is 28.5 Å². The summed E-state index contributed by atoms with van der Waals surface area (Å²) in [6.45, 7) is 2.28. The fourth-order valence-corrected chi connectivity index (χ4v) is 3.51. The van der Waals surface area contributed by atoms with E-state index < -0.39 is 0 Å². The fraction of sp³-hybridized carbons (Fsp3) is 0.185. The van der Waals surface area contributed by atoms with E-state index in [2.05, 4.69) is 5.32 Å². The molecule has 174 valence electrons. The minimum absolute atomic E-state index is 0.115. The number of methoxy groups -OCH3 is 1. The maximum Gasteiger partial charge on any atom is 0.262 e. The number of nitrogens with one attached hydrogen (secondary N) is 1. The highest BCUT2D eigenvalue weighted by atomic mass is 16.5. The summed E-state index contributed by atoms with van der Waals surface area (Å²) in [5.41, 5.74) is 2.43. The van der Waals surface area contributed by atoms with E-state index in [0.29, 0.717) is 46.4 Å². The van der Waals surface area contributed by atoms with Crippen molar-refractivity contribution in [3.8, 4) is 23.0 Å². The second-order valence-corrected chi connectivity index (χ2v) is 7.49. The predicted octanol–water partition coefficient (Wildman–Crippen LogP) is 4.77. The summed E-state index contributed by atoms with van der Waals surface area (Å²) in [7, 11) is 1.55. The summed E-state index contributed by atoms with van der Waals surface area (Å²) in [6, 6.07) is 19.6. The summed E-state index contributed by atoms with van der Waals surface area (Å²) in [5.74, 6) is 1.66. The maximum atomic E-state index is 13.0. The van der Waals surface area contributed by atoms with E-state index in [1.165, 1.54) is 0 Å². The van der Waals surface area contributed by atoms with Gasteiger partial charge >= 0.3 is 0 Å². The Balaban J connectivity index is 1.49. The first-order chi connectivity index (χ1) is 16.6. The number of rotatable bonds is 8. The first-order valence-electron chi connectivity index (χ1n) is 10.9. The van der Waals surface area contributed by atoms with Crippen molar-refractivity contribution in [3.05, 3.63) is 83.4 Å². The lowest BCUT2D eigenvalue weighted by Gasteiger charge is -2.19. The van der Waals surface area contributed by atoms with Gasteiger partial charge in [0.2, 0.25) is 0 Å². The number of hydrogen-bond acceptors (Lipinski definition) is 6. The first-order valence-corrected chi connectivity index (χ1v) is 10.9. The molecule has 0 radical (unpaired) electrons. The third kappa shape index (κ3) is 5.38. The molecule has 1 N–H and O–H groups in total. The highest BCUT2D eigenvalue weighted by Gasteiger charge is 2.24. The Morgan fingerprint density at radius 2 is 1.85 bits per heavy atom. The van der Waals surface area contributed by atoms with Crippen LogP contribution < -0.4 is 24.3 Å². The van der Waals surface area contributed by atoms with Crippen LogP contribution in [0.4, 0.5) is 5.69 Å². The predicted molar refractivity (Wildman–Crippen MR) is 129 cm³/mol. The molecule has 0 spiro atoms. The highest BCUT2D eigenvalue weighted by molar-refractivity contribution is 6.14. The van der Waals surface area contributed by atoms with Crippen LogP contribution in [0.1, 0.15) is 22.8 Å². The molecule has 1 heterocycles. The Hall–Kier alpha value is -4.26. The second kappa shape index (κ2) is 10.6. The second-order valence-electron chi connectivity index (χ2n) is 7.49. The van der Waals surface area contributed by atoms with Crippen molar-refractivity contribution in [3.63, 3.8) is 0 Å². The number of carbonyl (C=O) groups is 2. The maximum absolute atomic E-state index is 13.0. The van der Waals surface area contributed by atoms with Gasteiger partial charge in [0.05, 0.1) is 19.3 Å². The van der Waals surface area contributed by atoms with Crippen LogP contribution in [0.15, 0.2) is 72.3 Å². The number of fused-ring (bicyclic) bond motifs is 1. The molecule has 0 bridgehead atoms. The average Bonchev–Trinajstić information content (AvgIpc) is 2.86. The SMILES string of the molecule is CCOc1cc(/C=C2\COc3ccc(OC)cc3C2=O)ccc1OCC(=O)Nc1ccccc1. The Morgan fingerprint density at radius 1 is 1.03 bits per heavy atom. The molecule has 0 fully saturated rings. The molecular weight excluding hydrogens is 434 g/mol. The minimum atomic E-state index is -0.279. The summed E-state index contributed by atoms with van der Waals surface area (Å²) >= 11 is 0. The molecule has 0 atom stereocenters. The lowest BCUT2D eigenvalue weighted by molar-refractivity contribution is -0.118. The molecule has 34 heavy (non-hydrogen) atoms. The topological polar surface area (TPSA) is 83.1 Å². The van der Waals surface area contributed by atoms with E-state index in [0.717, 1.165) is 5.56 Å². The van der Waals surface area contributed by atoms with Gasteiger partial charge in [-0.1, -0.05) is 24.3 Å². The van der Waals surface area contributed by atoms with Gasteiger partial charge < -0.3 is 24.3 Å². The molecule has 0 aliphatic carbocycles. The molecule has 0 saturated carbocycles. The fourth-order valence-electron chi connectivity index (χ4n) is 3.51. The van der Waals surface area contributed by atoms with Gasteiger partial charge in [-0.2, -0.15) is 0 Å². The number of carbonyl (C=O) groups excluding carboxylic acids is 2. The Bertz CT molecular complexity index is 1220. The number of ketones is 1. The van der Waals surface area contributed by atoms with Crippen LogP contribution in [-0.4, -0.2) is 38.6 Å². The zero-order chi connectivity index (χ0) is 23.9. The molecule has 1 aliphatic rings. The van der Waals surface area contributed by atoms with Crippen molar-refractivity contribution >= 4 is 23.5 Å². The van der Waals surface area contributed by atoms with E-state index in [9.17, 15) is 9.59 Å². The molecule has 0 saturated heterocycles. The molecule has 4 rings (SSSR count). The van der Waals surface area contributed by atoms with Gasteiger partial charge in [0.15, 0.2) is 23.9 Å². The first kappa shape index (κ1) is 22.9. The summed E-state index contributed by atoms with van der Waals surface area (Å²) < 4.78 is 22.4. The summed E-state index contributed by atoms with van der Waals surface area (Å²) in [5, 5.41) is 2.78. The van der Waals surface area contributed by atoms with E-state index in [1.54, 1.807) is 61.7 Å². The zero-order valence-electron chi connectivity index (χ0n) is 19.0. The number of ether oxygens (including phenoxy) is 4. The number of para-hydroxylation sites is 1. The molecule has 1 aliphatic heterocycles. The lowest BCUT2D eigenvalue weighted by Crippen LogP contribution is -2.20. The highest BCUT2D eigenvalue weighted by Crippen LogP contribution is 2.33. The Morgan fingerprint density at radius 3 is 2.62 bits per heavy atom. The number of anilines is 1. The monoisotopic (exact) mass is 459 g/mol. The summed E-state index contributed by atoms with van der Waals surface area (Å²) in [6.07, 6.45) is 1.76. The van der Waals surface area contributed by atoms with Crippen molar-refractivity contribution in [1.29, 1.82) is 0 Å². The van der Waals surface area contributed by atoms with Crippen molar-refractivity contribution in [2.45, 2.75) is 6.92 Å². The van der Waals surface area contributed by atoms with Crippen LogP contribution in [0.2, 0.25) is 0 Å². The van der Waals surface area contributed by atoms with E-state index >= 15 is 0 Å². The van der Waals surface area contributed by atoms with Crippen molar-refractivity contribution in [2.75, 3.05) is 32.2 Å². The van der Waals surface area contributed by atoms with Gasteiger partial charge in [-0.3, -0.25) is 9.59 Å². The van der Waals surface area contributed by atoms with E-state index in [-0.39, 0.29) is 24.9 Å². The van der Waals surface area contributed by atoms with Gasteiger partial charge in [-0.15, -0.1) is 0 Å². The zero-order valence-corrected chi connectivity index (χ0v) is 19.0. The van der Waals surface area contributed by atoms with Gasteiger partial charge in [0, 0.05) is 11.3 Å². The Labute approximate surface area is 197 Å². The molecule has 3 aromatic carbocycles. The number of hydrogen-bond donors (Lipinski definition) is 1. The van der Waals surface area contributed by atoms with E-state index in [1.807, 2.05) is 25.1 Å². The Kier molecular flexibility index (Phi) is 7.13. The van der Waals surface area contributed by atoms with Crippen LogP contribution in [0, 0.1) is 0 Å². The summed E-state index contributed by atoms with van der Waals surface area (Å²) in [4.78, 5) is 25.2. The smallest absolute Gasteiger partial charge is 0.262 e.